The molecule has 4 rings (SSSR count). The molecule has 0 unspecified atom stereocenters. The maximum absolute atomic E-state index is 9.69. The molecule has 0 amide bonds. The number of hydrogen-bond acceptors (Lipinski definition) is 4. The molecule has 2 aromatic rings. The zero-order chi connectivity index (χ0) is 17.8. The van der Waals surface area contributed by atoms with Crippen LogP contribution in [0.4, 0.5) is 0 Å². The minimum Gasteiger partial charge on any atom is -0.393 e. The summed E-state index contributed by atoms with van der Waals surface area (Å²) in [6, 6.07) is 13.7. The van der Waals surface area contributed by atoms with Crippen LogP contribution in [0, 0.1) is 0 Å². The first-order valence-corrected chi connectivity index (χ1v) is 9.92. The van der Waals surface area contributed by atoms with Crippen LogP contribution in [-0.2, 0) is 6.54 Å². The van der Waals surface area contributed by atoms with E-state index < -0.39 is 0 Å². The van der Waals surface area contributed by atoms with Crippen molar-refractivity contribution in [3.8, 4) is 11.1 Å². The van der Waals surface area contributed by atoms with Crippen molar-refractivity contribution in [3.05, 3.63) is 54.4 Å². The number of hydrogen-bond donors (Lipinski definition) is 1. The van der Waals surface area contributed by atoms with E-state index in [9.17, 15) is 5.11 Å². The molecule has 0 atom stereocenters. The van der Waals surface area contributed by atoms with E-state index in [0.717, 1.165) is 32.5 Å². The van der Waals surface area contributed by atoms with Crippen LogP contribution < -0.4 is 0 Å². The molecule has 2 aliphatic heterocycles. The van der Waals surface area contributed by atoms with E-state index in [1.807, 2.05) is 18.5 Å². The summed E-state index contributed by atoms with van der Waals surface area (Å²) in [5, 5.41) is 9.69. The second-order valence-electron chi connectivity index (χ2n) is 7.71. The topological polar surface area (TPSA) is 39.6 Å². The highest BCUT2D eigenvalue weighted by Gasteiger charge is 2.27. The van der Waals surface area contributed by atoms with Gasteiger partial charge in [0.15, 0.2) is 0 Å². The molecular formula is C22H29N3O. The smallest absolute Gasteiger partial charge is 0.0564 e. The summed E-state index contributed by atoms with van der Waals surface area (Å²) in [5.41, 5.74) is 3.79. The number of pyridine rings is 1. The maximum Gasteiger partial charge on any atom is 0.0564 e. The Morgan fingerprint density at radius 3 is 2.27 bits per heavy atom. The fourth-order valence-corrected chi connectivity index (χ4v) is 4.29. The number of rotatable bonds is 4. The summed E-state index contributed by atoms with van der Waals surface area (Å²) < 4.78 is 0. The van der Waals surface area contributed by atoms with Gasteiger partial charge >= 0.3 is 0 Å². The van der Waals surface area contributed by atoms with Crippen molar-refractivity contribution in [1.82, 2.24) is 14.8 Å². The van der Waals surface area contributed by atoms with Crippen molar-refractivity contribution in [2.75, 3.05) is 26.2 Å². The van der Waals surface area contributed by atoms with Crippen LogP contribution in [0.25, 0.3) is 11.1 Å². The molecule has 1 aromatic heterocycles. The van der Waals surface area contributed by atoms with Crippen LogP contribution in [0.2, 0.25) is 0 Å². The van der Waals surface area contributed by atoms with E-state index in [0.29, 0.717) is 6.04 Å². The summed E-state index contributed by atoms with van der Waals surface area (Å²) in [6.45, 7) is 5.53. The molecule has 26 heavy (non-hydrogen) atoms. The first-order valence-electron chi connectivity index (χ1n) is 9.92. The minimum absolute atomic E-state index is 0.0685. The monoisotopic (exact) mass is 351 g/mol. The van der Waals surface area contributed by atoms with E-state index in [4.69, 9.17) is 0 Å². The van der Waals surface area contributed by atoms with Gasteiger partial charge in [0.2, 0.25) is 0 Å². The molecule has 2 aliphatic rings. The van der Waals surface area contributed by atoms with Crippen LogP contribution >= 0.6 is 0 Å². The molecule has 1 aromatic carbocycles. The van der Waals surface area contributed by atoms with Gasteiger partial charge in [-0.15, -0.1) is 0 Å². The average Bonchev–Trinajstić information content (AvgIpc) is 2.71. The Balaban J connectivity index is 1.28. The summed E-state index contributed by atoms with van der Waals surface area (Å²) in [4.78, 5) is 9.38. The van der Waals surface area contributed by atoms with Gasteiger partial charge in [0.25, 0.3) is 0 Å². The third kappa shape index (κ3) is 4.32. The van der Waals surface area contributed by atoms with Crippen LogP contribution in [0.3, 0.4) is 0 Å². The van der Waals surface area contributed by atoms with Crippen molar-refractivity contribution in [1.29, 1.82) is 0 Å². The molecule has 2 saturated heterocycles. The minimum atomic E-state index is -0.0685. The van der Waals surface area contributed by atoms with E-state index in [2.05, 4.69) is 45.1 Å². The van der Waals surface area contributed by atoms with Gasteiger partial charge in [0.1, 0.15) is 0 Å². The van der Waals surface area contributed by atoms with Crippen LogP contribution in [0.5, 0.6) is 0 Å². The first kappa shape index (κ1) is 17.7. The zero-order valence-corrected chi connectivity index (χ0v) is 15.4. The SMILES string of the molecule is OC1CCN(C2CCN(Cc3ccc(-c4cccnc4)cc3)CC2)CC1. The Hall–Kier alpha value is -1.75. The number of aliphatic hydroxyl groups is 1. The normalized spacial score (nSPS) is 21.1. The predicted molar refractivity (Wildman–Crippen MR) is 105 cm³/mol. The fourth-order valence-electron chi connectivity index (χ4n) is 4.29. The van der Waals surface area contributed by atoms with Gasteiger partial charge in [-0.05, 0) is 61.5 Å². The average molecular weight is 351 g/mol. The summed E-state index contributed by atoms with van der Waals surface area (Å²) >= 11 is 0. The van der Waals surface area contributed by atoms with Crippen molar-refractivity contribution >= 4 is 0 Å². The zero-order valence-electron chi connectivity index (χ0n) is 15.4. The second kappa shape index (κ2) is 8.30. The predicted octanol–water partition coefficient (Wildman–Crippen LogP) is 3.17. The lowest BCUT2D eigenvalue weighted by molar-refractivity contribution is 0.0375. The van der Waals surface area contributed by atoms with Crippen molar-refractivity contribution < 1.29 is 5.11 Å². The van der Waals surface area contributed by atoms with E-state index in [-0.39, 0.29) is 6.10 Å². The second-order valence-corrected chi connectivity index (χ2v) is 7.71. The van der Waals surface area contributed by atoms with E-state index in [1.54, 1.807) is 0 Å². The molecule has 0 radical (unpaired) electrons. The summed E-state index contributed by atoms with van der Waals surface area (Å²) in [7, 11) is 0. The molecule has 0 saturated carbocycles. The van der Waals surface area contributed by atoms with Crippen molar-refractivity contribution in [3.63, 3.8) is 0 Å². The van der Waals surface area contributed by atoms with Gasteiger partial charge in [-0.25, -0.2) is 0 Å². The Labute approximate surface area is 156 Å². The highest BCUT2D eigenvalue weighted by molar-refractivity contribution is 5.62. The summed E-state index contributed by atoms with van der Waals surface area (Å²) in [6.07, 6.45) is 8.06. The molecule has 3 heterocycles. The van der Waals surface area contributed by atoms with Gasteiger partial charge in [-0.3, -0.25) is 9.88 Å². The number of nitrogens with zero attached hydrogens (tertiary/aromatic N) is 3. The Kier molecular flexibility index (Phi) is 5.63. The Bertz CT molecular complexity index is 672. The van der Waals surface area contributed by atoms with Gasteiger partial charge in [0.05, 0.1) is 6.10 Å². The van der Waals surface area contributed by atoms with Crippen LogP contribution in [-0.4, -0.2) is 58.2 Å². The van der Waals surface area contributed by atoms with Gasteiger partial charge in [0, 0.05) is 38.1 Å². The molecular weight excluding hydrogens is 322 g/mol. The number of benzene rings is 1. The molecule has 1 N–H and O–H groups in total. The highest BCUT2D eigenvalue weighted by Crippen LogP contribution is 2.23. The Morgan fingerprint density at radius 1 is 0.885 bits per heavy atom. The van der Waals surface area contributed by atoms with Crippen LogP contribution in [0.1, 0.15) is 31.2 Å². The molecule has 4 nitrogen and oxygen atoms in total. The number of piperidine rings is 2. The van der Waals surface area contributed by atoms with E-state index >= 15 is 0 Å². The highest BCUT2D eigenvalue weighted by atomic mass is 16.3. The largest absolute Gasteiger partial charge is 0.393 e. The van der Waals surface area contributed by atoms with Gasteiger partial charge < -0.3 is 10.0 Å². The summed E-state index contributed by atoms with van der Waals surface area (Å²) in [5.74, 6) is 0. The lowest BCUT2D eigenvalue weighted by atomic mass is 9.98. The van der Waals surface area contributed by atoms with Crippen molar-refractivity contribution in [2.45, 2.75) is 44.4 Å². The number of likely N-dealkylation sites (tertiary alicyclic amines) is 2. The standard InChI is InChI=1S/C22H29N3O/c26-22-9-14-25(15-10-22)21-7-12-24(13-8-21)17-18-3-5-19(6-4-18)20-2-1-11-23-16-20/h1-6,11,16,21-22,26H,7-10,12-15,17H2. The molecule has 0 aliphatic carbocycles. The molecule has 0 bridgehead atoms. The van der Waals surface area contributed by atoms with Crippen LogP contribution in [0.15, 0.2) is 48.8 Å². The molecule has 0 spiro atoms. The van der Waals surface area contributed by atoms with Gasteiger partial charge in [-0.1, -0.05) is 30.3 Å². The number of aliphatic hydroxyl groups excluding tert-OH is 1. The first-order chi connectivity index (χ1) is 12.8. The quantitative estimate of drug-likeness (QED) is 0.918. The van der Waals surface area contributed by atoms with E-state index in [1.165, 1.54) is 42.6 Å². The third-order valence-corrected chi connectivity index (χ3v) is 5.93. The molecule has 2 fully saturated rings. The Morgan fingerprint density at radius 2 is 1.62 bits per heavy atom. The lowest BCUT2D eigenvalue weighted by Crippen LogP contribution is -2.48. The molecule has 138 valence electrons. The lowest BCUT2D eigenvalue weighted by Gasteiger charge is -2.41. The molecule has 4 heteroatoms. The van der Waals surface area contributed by atoms with Crippen molar-refractivity contribution in [2.24, 2.45) is 0 Å². The fraction of sp³-hybridized carbons (Fsp3) is 0.500. The maximum atomic E-state index is 9.69. The number of aromatic nitrogens is 1. The third-order valence-electron chi connectivity index (χ3n) is 5.93. The van der Waals surface area contributed by atoms with Gasteiger partial charge in [-0.2, -0.15) is 0 Å².